The largest absolute Gasteiger partial charge is 0.573 e. The Morgan fingerprint density at radius 2 is 1.50 bits per heavy atom. The Labute approximate surface area is 132 Å². The Hall–Kier alpha value is -2.51. The molecule has 0 N–H and O–H groups in total. The van der Waals surface area contributed by atoms with Crippen molar-refractivity contribution < 1.29 is 35.9 Å². The molecule has 0 bridgehead atoms. The summed E-state index contributed by atoms with van der Waals surface area (Å²) < 4.78 is 78.1. The lowest BCUT2D eigenvalue weighted by Gasteiger charge is -2.12. The van der Waals surface area contributed by atoms with Gasteiger partial charge in [-0.15, -0.1) is 13.2 Å². The third kappa shape index (κ3) is 5.00. The van der Waals surface area contributed by atoms with Gasteiger partial charge in [0.1, 0.15) is 12.0 Å². The van der Waals surface area contributed by atoms with Crippen LogP contribution in [-0.4, -0.2) is 12.6 Å². The molecular weight excluding hydrogens is 338 g/mol. The molecule has 0 amide bonds. The van der Waals surface area contributed by atoms with E-state index in [9.17, 15) is 31.1 Å². The smallest absolute Gasteiger partial charge is 0.406 e. The molecule has 0 fully saturated rings. The lowest BCUT2D eigenvalue weighted by Crippen LogP contribution is -2.17. The Bertz CT molecular complexity index is 717. The number of halogens is 6. The second-order valence-corrected chi connectivity index (χ2v) is 4.95. The number of rotatable bonds is 4. The minimum absolute atomic E-state index is 0.0290. The third-order valence-electron chi connectivity index (χ3n) is 3.05. The van der Waals surface area contributed by atoms with Crippen LogP contribution in [0, 0.1) is 0 Å². The van der Waals surface area contributed by atoms with E-state index in [1.54, 1.807) is 0 Å². The van der Waals surface area contributed by atoms with Crippen LogP contribution in [0.1, 0.15) is 27.0 Å². The summed E-state index contributed by atoms with van der Waals surface area (Å²) in [6.07, 6.45) is -8.97. The van der Waals surface area contributed by atoms with Gasteiger partial charge in [0.25, 0.3) is 0 Å². The highest BCUT2D eigenvalue weighted by Gasteiger charge is 2.31. The molecule has 0 aromatic heterocycles. The average molecular weight is 348 g/mol. The first-order chi connectivity index (χ1) is 11.1. The number of hydrogen-bond acceptors (Lipinski definition) is 2. The fourth-order valence-electron chi connectivity index (χ4n) is 2.10. The predicted octanol–water partition coefficient (Wildman–Crippen LogP) is 5.01. The molecule has 0 aliphatic rings. The number of ether oxygens (including phenoxy) is 1. The molecule has 0 saturated carbocycles. The number of benzene rings is 2. The van der Waals surface area contributed by atoms with Crippen LogP contribution in [0.5, 0.6) is 5.75 Å². The van der Waals surface area contributed by atoms with Gasteiger partial charge in [-0.2, -0.15) is 13.2 Å². The van der Waals surface area contributed by atoms with Gasteiger partial charge in [0.05, 0.1) is 5.56 Å². The molecule has 0 saturated heterocycles. The first-order valence-corrected chi connectivity index (χ1v) is 6.58. The van der Waals surface area contributed by atoms with Crippen LogP contribution in [0.15, 0.2) is 42.5 Å². The summed E-state index contributed by atoms with van der Waals surface area (Å²) in [5, 5.41) is 0. The van der Waals surface area contributed by atoms with Crippen molar-refractivity contribution in [1.82, 2.24) is 0 Å². The van der Waals surface area contributed by atoms with Gasteiger partial charge in [-0.3, -0.25) is 4.79 Å². The van der Waals surface area contributed by atoms with E-state index in [2.05, 4.69) is 4.74 Å². The van der Waals surface area contributed by atoms with E-state index in [0.717, 1.165) is 24.3 Å². The van der Waals surface area contributed by atoms with Crippen molar-refractivity contribution in [3.63, 3.8) is 0 Å². The molecule has 0 radical (unpaired) electrons. The predicted molar refractivity (Wildman–Crippen MR) is 72.8 cm³/mol. The first-order valence-electron chi connectivity index (χ1n) is 6.58. The van der Waals surface area contributed by atoms with Gasteiger partial charge in [-0.25, -0.2) is 0 Å². The molecule has 0 spiro atoms. The second-order valence-electron chi connectivity index (χ2n) is 4.95. The van der Waals surface area contributed by atoms with E-state index in [0.29, 0.717) is 17.4 Å². The fourth-order valence-corrected chi connectivity index (χ4v) is 2.10. The van der Waals surface area contributed by atoms with Gasteiger partial charge in [-0.05, 0) is 47.9 Å². The summed E-state index contributed by atoms with van der Waals surface area (Å²) in [5.74, 6) is -0.561. The van der Waals surface area contributed by atoms with Gasteiger partial charge in [0.2, 0.25) is 0 Å². The van der Waals surface area contributed by atoms with Crippen LogP contribution in [0.3, 0.4) is 0 Å². The summed E-state index contributed by atoms with van der Waals surface area (Å²) >= 11 is 0. The average Bonchev–Trinajstić information content (AvgIpc) is 2.44. The maximum atomic E-state index is 12.5. The summed E-state index contributed by atoms with van der Waals surface area (Å²) in [5.41, 5.74) is -0.102. The number of aldehydes is 1. The standard InChI is InChI=1S/C16H10F6O2/c17-15(18,19)13-3-1-10(2-4-13)5-11-6-12(9-23)8-14(7-11)24-16(20,21)22/h1-4,6-9H,5H2. The number of alkyl halides is 6. The number of hydrogen-bond donors (Lipinski definition) is 0. The maximum absolute atomic E-state index is 12.5. The van der Waals surface area contributed by atoms with Gasteiger partial charge >= 0.3 is 12.5 Å². The zero-order valence-electron chi connectivity index (χ0n) is 11.9. The SMILES string of the molecule is O=Cc1cc(Cc2ccc(C(F)(F)F)cc2)cc(OC(F)(F)F)c1. The molecule has 0 atom stereocenters. The highest BCUT2D eigenvalue weighted by Crippen LogP contribution is 2.30. The van der Waals surface area contributed by atoms with E-state index in [1.165, 1.54) is 18.2 Å². The molecule has 0 aliphatic carbocycles. The lowest BCUT2D eigenvalue weighted by atomic mass is 10.0. The topological polar surface area (TPSA) is 26.3 Å². The van der Waals surface area contributed by atoms with E-state index in [1.807, 2.05) is 0 Å². The van der Waals surface area contributed by atoms with E-state index in [4.69, 9.17) is 0 Å². The van der Waals surface area contributed by atoms with Crippen LogP contribution < -0.4 is 4.74 Å². The minimum atomic E-state index is -4.91. The number of carbonyl (C=O) groups is 1. The van der Waals surface area contributed by atoms with Crippen molar-refractivity contribution in [2.45, 2.75) is 19.0 Å². The number of carbonyl (C=O) groups excluding carboxylic acids is 1. The van der Waals surface area contributed by atoms with Crippen LogP contribution in [0.25, 0.3) is 0 Å². The highest BCUT2D eigenvalue weighted by molar-refractivity contribution is 5.76. The van der Waals surface area contributed by atoms with Gasteiger partial charge in [-0.1, -0.05) is 12.1 Å². The van der Waals surface area contributed by atoms with Gasteiger partial charge in [0.15, 0.2) is 0 Å². The van der Waals surface area contributed by atoms with Gasteiger partial charge in [0, 0.05) is 5.56 Å². The molecule has 8 heteroatoms. The zero-order valence-corrected chi connectivity index (χ0v) is 11.9. The van der Waals surface area contributed by atoms with E-state index in [-0.39, 0.29) is 12.0 Å². The minimum Gasteiger partial charge on any atom is -0.406 e. The fraction of sp³-hybridized carbons (Fsp3) is 0.188. The molecule has 24 heavy (non-hydrogen) atoms. The Morgan fingerprint density at radius 1 is 0.875 bits per heavy atom. The quantitative estimate of drug-likeness (QED) is 0.574. The molecular formula is C16H10F6O2. The van der Waals surface area contributed by atoms with Crippen molar-refractivity contribution in [3.05, 3.63) is 64.7 Å². The van der Waals surface area contributed by atoms with Crippen LogP contribution >= 0.6 is 0 Å². The molecule has 2 rings (SSSR count). The Kier molecular flexibility index (Phi) is 4.86. The Balaban J connectivity index is 2.25. The van der Waals surface area contributed by atoms with Crippen molar-refractivity contribution in [3.8, 4) is 5.75 Å². The Morgan fingerprint density at radius 3 is 2.00 bits per heavy atom. The van der Waals surface area contributed by atoms with E-state index >= 15 is 0 Å². The molecule has 2 nitrogen and oxygen atoms in total. The monoisotopic (exact) mass is 348 g/mol. The lowest BCUT2D eigenvalue weighted by molar-refractivity contribution is -0.274. The van der Waals surface area contributed by atoms with Crippen molar-refractivity contribution in [2.24, 2.45) is 0 Å². The summed E-state index contributed by atoms with van der Waals surface area (Å²) in [6.45, 7) is 0. The molecule has 2 aromatic rings. The molecule has 2 aromatic carbocycles. The van der Waals surface area contributed by atoms with Crippen LogP contribution in [0.4, 0.5) is 26.3 Å². The third-order valence-corrected chi connectivity index (χ3v) is 3.05. The van der Waals surface area contributed by atoms with Crippen molar-refractivity contribution in [1.29, 1.82) is 0 Å². The van der Waals surface area contributed by atoms with Crippen LogP contribution in [-0.2, 0) is 12.6 Å². The molecule has 0 unspecified atom stereocenters. The molecule has 0 heterocycles. The maximum Gasteiger partial charge on any atom is 0.573 e. The van der Waals surface area contributed by atoms with E-state index < -0.39 is 23.9 Å². The molecule has 128 valence electrons. The normalized spacial score (nSPS) is 12.1. The molecule has 0 aliphatic heterocycles. The zero-order chi connectivity index (χ0) is 18.0. The summed E-state index contributed by atoms with van der Waals surface area (Å²) in [6, 6.07) is 7.56. The summed E-state index contributed by atoms with van der Waals surface area (Å²) in [7, 11) is 0. The second kappa shape index (κ2) is 6.54. The van der Waals surface area contributed by atoms with Crippen molar-refractivity contribution >= 4 is 6.29 Å². The first kappa shape index (κ1) is 17.8. The highest BCUT2D eigenvalue weighted by atomic mass is 19.4. The van der Waals surface area contributed by atoms with Crippen LogP contribution in [0.2, 0.25) is 0 Å². The van der Waals surface area contributed by atoms with Gasteiger partial charge < -0.3 is 4.74 Å². The summed E-state index contributed by atoms with van der Waals surface area (Å²) in [4.78, 5) is 10.8. The van der Waals surface area contributed by atoms with Crippen molar-refractivity contribution in [2.75, 3.05) is 0 Å².